The van der Waals surface area contributed by atoms with Crippen LogP contribution in [0.2, 0.25) is 33.2 Å². The van der Waals surface area contributed by atoms with Gasteiger partial charge in [0.25, 0.3) is 0 Å². The van der Waals surface area contributed by atoms with Gasteiger partial charge in [0.1, 0.15) is 16.1 Å². The third-order valence-corrected chi connectivity index (χ3v) is 26.3. The zero-order valence-corrected chi connectivity index (χ0v) is 38.9. The molecule has 0 bridgehead atoms. The molecule has 0 spiro atoms. The number of aryl methyl sites for hydroxylation is 4. The van der Waals surface area contributed by atoms with Crippen molar-refractivity contribution in [3.63, 3.8) is 0 Å². The third kappa shape index (κ3) is 7.12. The lowest BCUT2D eigenvalue weighted by Gasteiger charge is -2.38. The van der Waals surface area contributed by atoms with Gasteiger partial charge in [-0.25, -0.2) is 0 Å². The van der Waals surface area contributed by atoms with Crippen LogP contribution in [0.15, 0.2) is 48.5 Å². The molecular weight excluding hydrogens is 681 g/mol. The molecule has 0 heterocycles. The van der Waals surface area contributed by atoms with Gasteiger partial charge in [-0.05, 0) is 149 Å². The highest BCUT2D eigenvalue weighted by Gasteiger charge is 2.43. The lowest BCUT2D eigenvalue weighted by Crippen LogP contribution is -2.43. The number of fused-ring (bicyclic) bond motifs is 4. The molecule has 5 aromatic rings. The van der Waals surface area contributed by atoms with Crippen LogP contribution in [-0.4, -0.2) is 16.1 Å². The SMILES string of the molecule is CCc1cc2cc3c(C#C[Si](C(C)C)(C(C)C)C(C)C)c4cc5cc(CC)c(CC)cc5cc4c(C#C[Si](C(C)C)(C(C)C)C(C)C)c3cc2cc1CC. The smallest absolute Gasteiger partial charge is 0.125 e. The molecule has 0 saturated heterocycles. The van der Waals surface area contributed by atoms with Gasteiger partial charge in [-0.3, -0.25) is 0 Å². The summed E-state index contributed by atoms with van der Waals surface area (Å²) in [7, 11) is -4.04. The Kier molecular flexibility index (Phi) is 12.7. The topological polar surface area (TPSA) is 0 Å². The monoisotopic (exact) mass is 751 g/mol. The van der Waals surface area contributed by atoms with E-state index in [2.05, 4.69) is 182 Å². The molecule has 0 N–H and O–H groups in total. The number of rotatable bonds is 10. The van der Waals surface area contributed by atoms with Crippen molar-refractivity contribution in [3.8, 4) is 22.9 Å². The molecule has 0 saturated carbocycles. The van der Waals surface area contributed by atoms with E-state index < -0.39 is 16.1 Å². The highest BCUT2D eigenvalue weighted by molar-refractivity contribution is 6.91. The first kappa shape index (κ1) is 41.8. The van der Waals surface area contributed by atoms with Crippen LogP contribution in [0.3, 0.4) is 0 Å². The van der Waals surface area contributed by atoms with E-state index in [0.717, 1.165) is 25.7 Å². The first-order chi connectivity index (χ1) is 25.5. The second-order valence-electron chi connectivity index (χ2n) is 18.2. The van der Waals surface area contributed by atoms with Crippen LogP contribution in [-0.2, 0) is 25.7 Å². The van der Waals surface area contributed by atoms with E-state index in [4.69, 9.17) is 0 Å². The van der Waals surface area contributed by atoms with E-state index in [9.17, 15) is 0 Å². The fourth-order valence-electron chi connectivity index (χ4n) is 10.8. The maximum atomic E-state index is 4.19. The van der Waals surface area contributed by atoms with Crippen LogP contribution in [0.5, 0.6) is 0 Å². The zero-order valence-electron chi connectivity index (χ0n) is 36.9. The molecular formula is C52H70Si2. The predicted octanol–water partition coefficient (Wildman–Crippen LogP) is 15.7. The van der Waals surface area contributed by atoms with Crippen molar-refractivity contribution in [2.24, 2.45) is 0 Å². The van der Waals surface area contributed by atoms with Crippen molar-refractivity contribution in [1.82, 2.24) is 0 Å². The van der Waals surface area contributed by atoms with Crippen LogP contribution in [0.4, 0.5) is 0 Å². The molecule has 0 atom stereocenters. The standard InChI is InChI=1S/C52H70Si2/c1-17-39-25-43-29-49-47(21-23-53(33(5)6,34(7)8)35(9)10)51-31-45-27-41(19-3)42(20-4)28-46(45)32-52(51)48(50(49)30-44(43)26-40(39)18-2)22-24-54(36(11)12,37(13)14)38(15)16/h25-38H,17-20H2,1-16H3. The van der Waals surface area contributed by atoms with Gasteiger partial charge >= 0.3 is 0 Å². The van der Waals surface area contributed by atoms with E-state index in [1.165, 1.54) is 76.5 Å². The van der Waals surface area contributed by atoms with E-state index >= 15 is 0 Å². The van der Waals surface area contributed by atoms with Crippen molar-refractivity contribution in [1.29, 1.82) is 0 Å². The van der Waals surface area contributed by atoms with E-state index in [-0.39, 0.29) is 0 Å². The Morgan fingerprint density at radius 2 is 0.556 bits per heavy atom. The van der Waals surface area contributed by atoms with Gasteiger partial charge in [0.05, 0.1) is 0 Å². The fraction of sp³-hybridized carbons (Fsp3) is 0.500. The summed E-state index contributed by atoms with van der Waals surface area (Å²) in [6.07, 6.45) is 4.17. The van der Waals surface area contributed by atoms with E-state index in [0.29, 0.717) is 33.2 Å². The van der Waals surface area contributed by atoms with Crippen molar-refractivity contribution < 1.29 is 0 Å². The average Bonchev–Trinajstić information content (AvgIpc) is 3.12. The lowest BCUT2D eigenvalue weighted by atomic mass is 9.87. The second kappa shape index (κ2) is 16.4. The molecule has 0 aliphatic heterocycles. The third-order valence-electron chi connectivity index (χ3n) is 13.7. The largest absolute Gasteiger partial charge is 0.146 e. The van der Waals surface area contributed by atoms with Gasteiger partial charge in [-0.1, -0.05) is 147 Å². The summed E-state index contributed by atoms with van der Waals surface area (Å²) in [6, 6.07) is 19.8. The summed E-state index contributed by atoms with van der Waals surface area (Å²) < 4.78 is 0. The van der Waals surface area contributed by atoms with Crippen molar-refractivity contribution >= 4 is 59.2 Å². The molecule has 5 rings (SSSR count). The molecule has 286 valence electrons. The van der Waals surface area contributed by atoms with Crippen LogP contribution < -0.4 is 0 Å². The molecule has 0 aliphatic rings. The van der Waals surface area contributed by atoms with Crippen LogP contribution in [0.25, 0.3) is 43.1 Å². The minimum absolute atomic E-state index is 0.565. The van der Waals surface area contributed by atoms with Crippen LogP contribution >= 0.6 is 0 Å². The Morgan fingerprint density at radius 1 is 0.352 bits per heavy atom. The Labute approximate surface area is 332 Å². The maximum absolute atomic E-state index is 4.19. The lowest BCUT2D eigenvalue weighted by molar-refractivity contribution is 0.838. The summed E-state index contributed by atoms with van der Waals surface area (Å²) in [4.78, 5) is 0. The fourth-order valence-corrected chi connectivity index (χ4v) is 21.2. The molecule has 0 radical (unpaired) electrons. The predicted molar refractivity (Wildman–Crippen MR) is 250 cm³/mol. The molecule has 5 aromatic carbocycles. The van der Waals surface area contributed by atoms with E-state index in [1.807, 2.05) is 0 Å². The van der Waals surface area contributed by atoms with Crippen LogP contribution in [0.1, 0.15) is 144 Å². The normalized spacial score (nSPS) is 12.7. The van der Waals surface area contributed by atoms with Crippen molar-refractivity contribution in [2.75, 3.05) is 0 Å². The maximum Gasteiger partial charge on any atom is 0.146 e. The first-order valence-electron chi connectivity index (χ1n) is 21.5. The Bertz CT molecular complexity index is 1990. The molecule has 0 nitrogen and oxygen atoms in total. The summed E-state index contributed by atoms with van der Waals surface area (Å²) >= 11 is 0. The molecule has 2 heteroatoms. The Hall–Kier alpha value is -3.31. The van der Waals surface area contributed by atoms with Crippen LogP contribution in [0, 0.1) is 22.9 Å². The van der Waals surface area contributed by atoms with Gasteiger partial charge in [0.2, 0.25) is 0 Å². The molecule has 0 aliphatic carbocycles. The van der Waals surface area contributed by atoms with Gasteiger partial charge < -0.3 is 0 Å². The minimum Gasteiger partial charge on any atom is -0.125 e. The van der Waals surface area contributed by atoms with Gasteiger partial charge in [-0.15, -0.1) is 11.1 Å². The summed E-state index contributed by atoms with van der Waals surface area (Å²) in [5, 5.41) is 10.3. The van der Waals surface area contributed by atoms with Gasteiger partial charge in [-0.2, -0.15) is 0 Å². The van der Waals surface area contributed by atoms with Crippen molar-refractivity contribution in [2.45, 2.75) is 170 Å². The Morgan fingerprint density at radius 3 is 0.722 bits per heavy atom. The minimum atomic E-state index is -2.02. The molecule has 0 unspecified atom stereocenters. The van der Waals surface area contributed by atoms with Gasteiger partial charge in [0, 0.05) is 11.1 Å². The number of hydrogen-bond donors (Lipinski definition) is 0. The summed E-state index contributed by atoms with van der Waals surface area (Å²) in [5.41, 5.74) is 20.0. The zero-order chi connectivity index (χ0) is 39.9. The summed E-state index contributed by atoms with van der Waals surface area (Å²) in [5.74, 6) is 8.15. The quantitative estimate of drug-likeness (QED) is 0.0757. The van der Waals surface area contributed by atoms with Crippen molar-refractivity contribution in [3.05, 3.63) is 81.9 Å². The Balaban J connectivity index is 2.11. The highest BCUT2D eigenvalue weighted by atomic mass is 28.3. The van der Waals surface area contributed by atoms with Gasteiger partial charge in [0.15, 0.2) is 0 Å². The molecule has 0 fully saturated rings. The molecule has 54 heavy (non-hydrogen) atoms. The van der Waals surface area contributed by atoms with E-state index in [1.54, 1.807) is 0 Å². The number of hydrogen-bond acceptors (Lipinski definition) is 0. The average molecular weight is 751 g/mol. The summed E-state index contributed by atoms with van der Waals surface area (Å²) in [6.45, 7) is 38.3. The first-order valence-corrected chi connectivity index (χ1v) is 26.0. The molecule has 0 amide bonds. The molecule has 0 aromatic heterocycles. The number of benzene rings is 5. The highest BCUT2D eigenvalue weighted by Crippen LogP contribution is 2.44. The second-order valence-corrected chi connectivity index (χ2v) is 29.4.